The molecule has 0 aliphatic rings. The van der Waals surface area contributed by atoms with Gasteiger partial charge in [0.05, 0.1) is 10.6 Å². The first kappa shape index (κ1) is 20.2. The van der Waals surface area contributed by atoms with Crippen molar-refractivity contribution >= 4 is 50.9 Å². The number of thioether (sulfide) groups is 1. The average Bonchev–Trinajstić information content (AvgIpc) is 2.59. The molecule has 0 heterocycles. The quantitative estimate of drug-likeness (QED) is 0.554. The van der Waals surface area contributed by atoms with Crippen molar-refractivity contribution in [3.63, 3.8) is 0 Å². The van der Waals surface area contributed by atoms with Crippen molar-refractivity contribution in [1.82, 2.24) is 0 Å². The molecule has 2 rings (SSSR count). The number of carbonyl (C=O) groups excluding carboxylic acids is 2. The summed E-state index contributed by atoms with van der Waals surface area (Å²) in [4.78, 5) is 24.5. The fourth-order valence-electron chi connectivity index (χ4n) is 1.93. The van der Waals surface area contributed by atoms with Gasteiger partial charge in [0.25, 0.3) is 5.91 Å². The van der Waals surface area contributed by atoms with E-state index in [0.717, 1.165) is 11.0 Å². The second-order valence-electron chi connectivity index (χ2n) is 5.04. The zero-order valence-corrected chi connectivity index (χ0v) is 16.0. The SMILES string of the molecule is CSc1ccc(NC(=O)COC(=O)c2ccc(Cl)c(S(N)(=O)=O)c2)cc1. The average molecular weight is 415 g/mol. The summed E-state index contributed by atoms with van der Waals surface area (Å²) in [5.41, 5.74) is 0.474. The summed E-state index contributed by atoms with van der Waals surface area (Å²) in [5.74, 6) is -1.41. The molecule has 1 amide bonds. The molecular formula is C16H15ClN2O5S2. The molecule has 10 heteroatoms. The topological polar surface area (TPSA) is 116 Å². The minimum Gasteiger partial charge on any atom is -0.452 e. The molecule has 0 aliphatic carbocycles. The van der Waals surface area contributed by atoms with Gasteiger partial charge in [0.2, 0.25) is 10.0 Å². The van der Waals surface area contributed by atoms with E-state index >= 15 is 0 Å². The Kier molecular flexibility index (Phi) is 6.65. The predicted molar refractivity (Wildman–Crippen MR) is 100.0 cm³/mol. The van der Waals surface area contributed by atoms with Gasteiger partial charge in [-0.15, -0.1) is 11.8 Å². The highest BCUT2D eigenvalue weighted by Gasteiger charge is 2.18. The van der Waals surface area contributed by atoms with E-state index in [-0.39, 0.29) is 10.6 Å². The highest BCUT2D eigenvalue weighted by Crippen LogP contribution is 2.22. The van der Waals surface area contributed by atoms with E-state index in [9.17, 15) is 18.0 Å². The van der Waals surface area contributed by atoms with Crippen molar-refractivity contribution in [3.05, 3.63) is 53.1 Å². The Labute approximate surface area is 159 Å². The van der Waals surface area contributed by atoms with Crippen molar-refractivity contribution in [2.75, 3.05) is 18.2 Å². The highest BCUT2D eigenvalue weighted by molar-refractivity contribution is 7.98. The van der Waals surface area contributed by atoms with Crippen LogP contribution in [-0.4, -0.2) is 33.2 Å². The number of nitrogens with two attached hydrogens (primary N) is 1. The monoisotopic (exact) mass is 414 g/mol. The molecule has 0 fully saturated rings. The number of carbonyl (C=O) groups is 2. The molecule has 138 valence electrons. The molecular weight excluding hydrogens is 400 g/mol. The van der Waals surface area contributed by atoms with Gasteiger partial charge in [0.1, 0.15) is 4.90 Å². The van der Waals surface area contributed by atoms with Crippen molar-refractivity contribution in [2.45, 2.75) is 9.79 Å². The second-order valence-corrected chi connectivity index (χ2v) is 7.86. The number of halogens is 1. The van der Waals surface area contributed by atoms with Gasteiger partial charge in [0, 0.05) is 10.6 Å². The largest absolute Gasteiger partial charge is 0.452 e. The summed E-state index contributed by atoms with van der Waals surface area (Å²) in [7, 11) is -4.09. The Hall–Kier alpha value is -2.07. The van der Waals surface area contributed by atoms with Gasteiger partial charge >= 0.3 is 5.97 Å². The molecule has 2 aromatic rings. The normalized spacial score (nSPS) is 11.0. The second kappa shape index (κ2) is 8.54. The summed E-state index contributed by atoms with van der Waals surface area (Å²) in [6.07, 6.45) is 1.94. The number of ether oxygens (including phenoxy) is 1. The maximum atomic E-state index is 12.0. The summed E-state index contributed by atoms with van der Waals surface area (Å²) < 4.78 is 27.7. The molecule has 2 aromatic carbocycles. The molecule has 26 heavy (non-hydrogen) atoms. The lowest BCUT2D eigenvalue weighted by molar-refractivity contribution is -0.119. The van der Waals surface area contributed by atoms with Crippen LogP contribution in [0.2, 0.25) is 5.02 Å². The number of hydrogen-bond donors (Lipinski definition) is 2. The lowest BCUT2D eigenvalue weighted by Crippen LogP contribution is -2.21. The van der Waals surface area contributed by atoms with Gasteiger partial charge in [-0.3, -0.25) is 4.79 Å². The summed E-state index contributed by atoms with van der Waals surface area (Å²) in [5, 5.41) is 7.49. The van der Waals surface area contributed by atoms with Crippen molar-refractivity contribution in [3.8, 4) is 0 Å². The summed E-state index contributed by atoms with van der Waals surface area (Å²) in [6.45, 7) is -0.531. The van der Waals surface area contributed by atoms with E-state index in [4.69, 9.17) is 21.5 Å². The van der Waals surface area contributed by atoms with Gasteiger partial charge in [0.15, 0.2) is 6.61 Å². The maximum absolute atomic E-state index is 12.0. The molecule has 0 atom stereocenters. The molecule has 7 nitrogen and oxygen atoms in total. The van der Waals surface area contributed by atoms with Crippen molar-refractivity contribution < 1.29 is 22.7 Å². The molecule has 0 saturated heterocycles. The first-order valence-corrected chi connectivity index (χ1v) is 10.3. The van der Waals surface area contributed by atoms with Gasteiger partial charge in [-0.2, -0.15) is 0 Å². The Bertz CT molecular complexity index is 930. The van der Waals surface area contributed by atoms with Gasteiger partial charge in [-0.05, 0) is 48.7 Å². The van der Waals surface area contributed by atoms with Crippen molar-refractivity contribution in [1.29, 1.82) is 0 Å². The van der Waals surface area contributed by atoms with Crippen LogP contribution in [0.5, 0.6) is 0 Å². The van der Waals surface area contributed by atoms with E-state index in [1.54, 1.807) is 23.9 Å². The van der Waals surface area contributed by atoms with E-state index in [2.05, 4.69) is 5.32 Å². The van der Waals surface area contributed by atoms with Crippen LogP contribution in [0.4, 0.5) is 5.69 Å². The number of benzene rings is 2. The molecule has 0 aliphatic heterocycles. The predicted octanol–water partition coefficient (Wildman–Crippen LogP) is 2.50. The van der Waals surface area contributed by atoms with Crippen molar-refractivity contribution in [2.24, 2.45) is 5.14 Å². The highest BCUT2D eigenvalue weighted by atomic mass is 35.5. The van der Waals surface area contributed by atoms with Crippen LogP contribution in [0.25, 0.3) is 0 Å². The van der Waals surface area contributed by atoms with Gasteiger partial charge < -0.3 is 10.1 Å². The van der Waals surface area contributed by atoms with E-state index in [1.807, 2.05) is 18.4 Å². The van der Waals surface area contributed by atoms with Crippen LogP contribution in [0, 0.1) is 0 Å². The smallest absolute Gasteiger partial charge is 0.338 e. The van der Waals surface area contributed by atoms with Crippen LogP contribution in [0.15, 0.2) is 52.3 Å². The van der Waals surface area contributed by atoms with Crippen LogP contribution >= 0.6 is 23.4 Å². The molecule has 3 N–H and O–H groups in total. The fraction of sp³-hybridized carbons (Fsp3) is 0.125. The summed E-state index contributed by atoms with van der Waals surface area (Å²) >= 11 is 7.32. The zero-order valence-electron chi connectivity index (χ0n) is 13.6. The minimum absolute atomic E-state index is 0.0875. The van der Waals surface area contributed by atoms with E-state index in [0.29, 0.717) is 5.69 Å². The number of esters is 1. The molecule has 0 saturated carbocycles. The molecule has 0 aromatic heterocycles. The number of hydrogen-bond acceptors (Lipinski definition) is 6. The molecule has 0 radical (unpaired) electrons. The Morgan fingerprint density at radius 2 is 1.85 bits per heavy atom. The van der Waals surface area contributed by atoms with E-state index < -0.39 is 33.4 Å². The van der Waals surface area contributed by atoms with Gasteiger partial charge in [-0.1, -0.05) is 11.6 Å². The fourth-order valence-corrected chi connectivity index (χ4v) is 3.41. The Balaban J connectivity index is 1.98. The third-order valence-corrected chi connectivity index (χ3v) is 5.32. The van der Waals surface area contributed by atoms with Crippen LogP contribution in [0.3, 0.4) is 0 Å². The number of amides is 1. The lowest BCUT2D eigenvalue weighted by Gasteiger charge is -2.08. The standard InChI is InChI=1S/C16H15ClN2O5S2/c1-25-12-5-3-11(4-6-12)19-15(20)9-24-16(21)10-2-7-13(17)14(8-10)26(18,22)23/h2-8H,9H2,1H3,(H,19,20)(H2,18,22,23). The molecule has 0 spiro atoms. The Morgan fingerprint density at radius 1 is 1.19 bits per heavy atom. The molecule has 0 unspecified atom stereocenters. The lowest BCUT2D eigenvalue weighted by atomic mass is 10.2. The third-order valence-electron chi connectivity index (χ3n) is 3.18. The number of sulfonamides is 1. The molecule has 0 bridgehead atoms. The number of anilines is 1. The third kappa shape index (κ3) is 5.46. The first-order valence-electron chi connectivity index (χ1n) is 7.14. The van der Waals surface area contributed by atoms with Crippen LogP contribution in [-0.2, 0) is 19.6 Å². The number of nitrogens with one attached hydrogen (secondary N) is 1. The number of primary sulfonamides is 1. The Morgan fingerprint density at radius 3 is 2.42 bits per heavy atom. The van der Waals surface area contributed by atoms with Crippen LogP contribution in [0.1, 0.15) is 10.4 Å². The summed E-state index contributed by atoms with van der Waals surface area (Å²) in [6, 6.07) is 10.6. The number of rotatable bonds is 6. The first-order chi connectivity index (χ1) is 12.2. The maximum Gasteiger partial charge on any atom is 0.338 e. The minimum atomic E-state index is -4.09. The zero-order chi connectivity index (χ0) is 19.3. The van der Waals surface area contributed by atoms with Crippen LogP contribution < -0.4 is 10.5 Å². The van der Waals surface area contributed by atoms with E-state index in [1.165, 1.54) is 12.1 Å². The van der Waals surface area contributed by atoms with Gasteiger partial charge in [-0.25, -0.2) is 18.4 Å².